The van der Waals surface area contributed by atoms with Crippen LogP contribution in [0.4, 0.5) is 0 Å². The van der Waals surface area contributed by atoms with Crippen LogP contribution >= 0.6 is 0 Å². The SMILES string of the molecule is Cc1ccc(Cn2nc3n(c2=O)C(C(=O)N2CC[C@@H]2C)CCC3)cc1. The van der Waals surface area contributed by atoms with Gasteiger partial charge in [0.25, 0.3) is 0 Å². The number of carbonyl (C=O) groups is 1. The highest BCUT2D eigenvalue weighted by Gasteiger charge is 2.37. The highest BCUT2D eigenvalue weighted by atomic mass is 16.2. The molecule has 0 N–H and O–H groups in total. The Labute approximate surface area is 147 Å². The zero-order valence-electron chi connectivity index (χ0n) is 14.8. The molecule has 2 aliphatic rings. The van der Waals surface area contributed by atoms with E-state index in [-0.39, 0.29) is 23.7 Å². The molecule has 1 fully saturated rings. The van der Waals surface area contributed by atoms with Crippen LogP contribution in [-0.2, 0) is 17.8 Å². The van der Waals surface area contributed by atoms with Crippen molar-refractivity contribution in [2.75, 3.05) is 6.54 Å². The number of carbonyl (C=O) groups excluding carboxylic acids is 1. The van der Waals surface area contributed by atoms with Gasteiger partial charge in [0.1, 0.15) is 11.9 Å². The maximum absolute atomic E-state index is 12.9. The van der Waals surface area contributed by atoms with Crippen LogP contribution in [0.3, 0.4) is 0 Å². The molecule has 1 saturated heterocycles. The van der Waals surface area contributed by atoms with Crippen molar-refractivity contribution in [3.63, 3.8) is 0 Å². The van der Waals surface area contributed by atoms with Gasteiger partial charge in [-0.3, -0.25) is 9.36 Å². The Morgan fingerprint density at radius 3 is 2.64 bits per heavy atom. The standard InChI is InChI=1S/C19H24N4O2/c1-13-6-8-15(9-7-13)12-22-19(25)23-16(4-3-5-17(23)20-22)18(24)21-11-10-14(21)2/h6-9,14,16H,3-5,10-12H2,1-2H3/t14-,16?/m0/s1. The van der Waals surface area contributed by atoms with Crippen LogP contribution in [0, 0.1) is 6.92 Å². The van der Waals surface area contributed by atoms with Crippen molar-refractivity contribution >= 4 is 5.91 Å². The van der Waals surface area contributed by atoms with Crippen molar-refractivity contribution in [2.45, 2.75) is 58.2 Å². The number of benzene rings is 1. The molecule has 1 amide bonds. The first-order valence-corrected chi connectivity index (χ1v) is 9.09. The van der Waals surface area contributed by atoms with E-state index in [4.69, 9.17) is 0 Å². The summed E-state index contributed by atoms with van der Waals surface area (Å²) in [7, 11) is 0. The van der Waals surface area contributed by atoms with E-state index >= 15 is 0 Å². The lowest BCUT2D eigenvalue weighted by Gasteiger charge is -2.41. The van der Waals surface area contributed by atoms with Gasteiger partial charge in [-0.05, 0) is 38.7 Å². The maximum Gasteiger partial charge on any atom is 0.346 e. The molecule has 132 valence electrons. The van der Waals surface area contributed by atoms with Gasteiger partial charge in [0.2, 0.25) is 5.91 Å². The van der Waals surface area contributed by atoms with Crippen molar-refractivity contribution in [2.24, 2.45) is 0 Å². The molecule has 0 radical (unpaired) electrons. The van der Waals surface area contributed by atoms with Gasteiger partial charge in [0, 0.05) is 19.0 Å². The normalized spacial score (nSPS) is 22.4. The number of hydrogen-bond acceptors (Lipinski definition) is 3. The minimum atomic E-state index is -0.384. The molecule has 3 heterocycles. The number of amides is 1. The van der Waals surface area contributed by atoms with E-state index in [9.17, 15) is 9.59 Å². The fourth-order valence-corrected chi connectivity index (χ4v) is 3.77. The summed E-state index contributed by atoms with van der Waals surface area (Å²) in [5.41, 5.74) is 2.07. The van der Waals surface area contributed by atoms with Crippen LogP contribution in [0.5, 0.6) is 0 Å². The second-order valence-electron chi connectivity index (χ2n) is 7.29. The fraction of sp³-hybridized carbons (Fsp3) is 0.526. The molecule has 0 saturated carbocycles. The van der Waals surface area contributed by atoms with E-state index in [1.54, 1.807) is 4.57 Å². The Morgan fingerprint density at radius 2 is 2.00 bits per heavy atom. The summed E-state index contributed by atoms with van der Waals surface area (Å²) in [5.74, 6) is 0.826. The summed E-state index contributed by atoms with van der Waals surface area (Å²) in [6.45, 7) is 5.35. The molecule has 0 bridgehead atoms. The molecule has 2 aromatic rings. The average Bonchev–Trinajstić information content (AvgIpc) is 2.91. The zero-order chi connectivity index (χ0) is 17.6. The van der Waals surface area contributed by atoms with Gasteiger partial charge in [0.15, 0.2) is 0 Å². The first-order chi connectivity index (χ1) is 12.0. The zero-order valence-corrected chi connectivity index (χ0v) is 14.8. The molecule has 2 atom stereocenters. The number of aromatic nitrogens is 3. The van der Waals surface area contributed by atoms with Crippen LogP contribution in [0.1, 0.15) is 49.2 Å². The predicted molar refractivity (Wildman–Crippen MR) is 94.5 cm³/mol. The summed E-state index contributed by atoms with van der Waals surface area (Å²) in [6.07, 6.45) is 3.44. The molecular formula is C19H24N4O2. The number of aryl methyl sites for hydroxylation is 2. The molecular weight excluding hydrogens is 316 g/mol. The third-order valence-corrected chi connectivity index (χ3v) is 5.47. The van der Waals surface area contributed by atoms with E-state index in [0.717, 1.165) is 43.6 Å². The summed E-state index contributed by atoms with van der Waals surface area (Å²) >= 11 is 0. The smallest absolute Gasteiger partial charge is 0.338 e. The van der Waals surface area contributed by atoms with E-state index in [2.05, 4.69) is 12.0 Å². The van der Waals surface area contributed by atoms with Crippen molar-refractivity contribution in [3.8, 4) is 0 Å². The van der Waals surface area contributed by atoms with E-state index in [0.29, 0.717) is 6.54 Å². The highest BCUT2D eigenvalue weighted by Crippen LogP contribution is 2.28. The summed E-state index contributed by atoms with van der Waals surface area (Å²) < 4.78 is 3.15. The monoisotopic (exact) mass is 340 g/mol. The van der Waals surface area contributed by atoms with Crippen LogP contribution in [0.2, 0.25) is 0 Å². The fourth-order valence-electron chi connectivity index (χ4n) is 3.77. The second kappa shape index (κ2) is 6.17. The van der Waals surface area contributed by atoms with Crippen molar-refractivity contribution < 1.29 is 4.79 Å². The van der Waals surface area contributed by atoms with Crippen molar-refractivity contribution in [3.05, 3.63) is 51.7 Å². The summed E-state index contributed by atoms with van der Waals surface area (Å²) in [4.78, 5) is 27.6. The topological polar surface area (TPSA) is 60.1 Å². The molecule has 1 unspecified atom stereocenters. The van der Waals surface area contributed by atoms with Gasteiger partial charge < -0.3 is 4.90 Å². The largest absolute Gasteiger partial charge is 0.346 e. The molecule has 2 aliphatic heterocycles. The van der Waals surface area contributed by atoms with Gasteiger partial charge in [-0.25, -0.2) is 9.48 Å². The molecule has 1 aromatic heterocycles. The molecule has 0 spiro atoms. The molecule has 25 heavy (non-hydrogen) atoms. The van der Waals surface area contributed by atoms with Gasteiger partial charge >= 0.3 is 5.69 Å². The van der Waals surface area contributed by atoms with Gasteiger partial charge in [-0.15, -0.1) is 0 Å². The Kier molecular flexibility index (Phi) is 3.98. The Balaban J connectivity index is 1.64. The Hall–Kier alpha value is -2.37. The van der Waals surface area contributed by atoms with Crippen LogP contribution in [0.15, 0.2) is 29.1 Å². The molecule has 6 heteroatoms. The van der Waals surface area contributed by atoms with Gasteiger partial charge in [0.05, 0.1) is 6.54 Å². The third-order valence-electron chi connectivity index (χ3n) is 5.47. The minimum Gasteiger partial charge on any atom is -0.338 e. The lowest BCUT2D eigenvalue weighted by atomic mass is 9.98. The van der Waals surface area contributed by atoms with Crippen LogP contribution in [0.25, 0.3) is 0 Å². The Bertz CT molecular complexity index is 849. The number of nitrogens with zero attached hydrogens (tertiary/aromatic N) is 4. The lowest BCUT2D eigenvalue weighted by Crippen LogP contribution is -2.53. The summed E-state index contributed by atoms with van der Waals surface area (Å²) in [6, 6.07) is 8.01. The van der Waals surface area contributed by atoms with E-state index in [1.165, 1.54) is 10.2 Å². The predicted octanol–water partition coefficient (Wildman–Crippen LogP) is 1.90. The van der Waals surface area contributed by atoms with Crippen molar-refractivity contribution in [1.82, 2.24) is 19.2 Å². The first kappa shape index (κ1) is 16.1. The highest BCUT2D eigenvalue weighted by molar-refractivity contribution is 5.81. The molecule has 4 rings (SSSR count). The average molecular weight is 340 g/mol. The van der Waals surface area contributed by atoms with Crippen molar-refractivity contribution in [1.29, 1.82) is 0 Å². The van der Waals surface area contributed by atoms with Gasteiger partial charge in [-0.1, -0.05) is 29.8 Å². The van der Waals surface area contributed by atoms with E-state index < -0.39 is 0 Å². The quantitative estimate of drug-likeness (QED) is 0.857. The third kappa shape index (κ3) is 2.79. The van der Waals surface area contributed by atoms with Crippen LogP contribution in [-0.4, -0.2) is 37.7 Å². The lowest BCUT2D eigenvalue weighted by molar-refractivity contribution is -0.142. The first-order valence-electron chi connectivity index (χ1n) is 9.09. The van der Waals surface area contributed by atoms with Crippen LogP contribution < -0.4 is 5.69 Å². The maximum atomic E-state index is 12.9. The second-order valence-corrected chi connectivity index (χ2v) is 7.29. The molecule has 0 aliphatic carbocycles. The summed E-state index contributed by atoms with van der Waals surface area (Å²) in [5, 5.41) is 4.52. The number of hydrogen-bond donors (Lipinski definition) is 0. The van der Waals surface area contributed by atoms with Gasteiger partial charge in [-0.2, -0.15) is 5.10 Å². The number of rotatable bonds is 3. The minimum absolute atomic E-state index is 0.0803. The molecule has 6 nitrogen and oxygen atoms in total. The van der Waals surface area contributed by atoms with E-state index in [1.807, 2.05) is 36.1 Å². The Morgan fingerprint density at radius 1 is 1.24 bits per heavy atom. The number of fused-ring (bicyclic) bond motifs is 1. The number of likely N-dealkylation sites (tertiary alicyclic amines) is 1. The molecule has 1 aromatic carbocycles.